The third kappa shape index (κ3) is 4.32. The lowest BCUT2D eigenvalue weighted by atomic mass is 10.2. The molecule has 0 fully saturated rings. The fourth-order valence-electron chi connectivity index (χ4n) is 1.29. The summed E-state index contributed by atoms with van der Waals surface area (Å²) in [5, 5.41) is 0. The van der Waals surface area contributed by atoms with Crippen LogP contribution in [0.4, 0.5) is 26.3 Å². The van der Waals surface area contributed by atoms with Crippen LogP contribution in [-0.4, -0.2) is 13.0 Å². The van der Waals surface area contributed by atoms with E-state index in [1.165, 1.54) is 29.5 Å². The summed E-state index contributed by atoms with van der Waals surface area (Å²) in [4.78, 5) is 0. The van der Waals surface area contributed by atoms with Crippen molar-refractivity contribution in [3.63, 3.8) is 0 Å². The van der Waals surface area contributed by atoms with Crippen LogP contribution in [0.5, 0.6) is 11.5 Å². The molecule has 0 atom stereocenters. The fourth-order valence-corrected chi connectivity index (χ4v) is 2.02. The van der Waals surface area contributed by atoms with Crippen LogP contribution in [0.3, 0.4) is 0 Å². The van der Waals surface area contributed by atoms with Gasteiger partial charge in [0.1, 0.15) is 5.56 Å². The fraction of sp³-hybridized carbons (Fsp3) is 0.400. The summed E-state index contributed by atoms with van der Waals surface area (Å²) in [6.07, 6.45) is -10.2. The molecule has 0 radical (unpaired) electrons. The quantitative estimate of drug-likeness (QED) is 0.545. The van der Waals surface area contributed by atoms with Crippen LogP contribution in [0.25, 0.3) is 0 Å². The van der Waals surface area contributed by atoms with Gasteiger partial charge < -0.3 is 9.47 Å². The van der Waals surface area contributed by atoms with Crippen LogP contribution in [0.15, 0.2) is 12.1 Å². The van der Waals surface area contributed by atoms with Crippen molar-refractivity contribution in [2.24, 2.45) is 0 Å². The molecule has 1 aromatic carbocycles. The predicted molar refractivity (Wildman–Crippen MR) is 62.0 cm³/mol. The highest BCUT2D eigenvalue weighted by Crippen LogP contribution is 2.46. The van der Waals surface area contributed by atoms with Crippen LogP contribution in [0.2, 0.25) is 0 Å². The molecular formula is C10H7F6IO2. The molecule has 9 heteroatoms. The Hall–Kier alpha value is -0.870. The predicted octanol–water partition coefficient (Wildman–Crippen LogP) is 4.61. The van der Waals surface area contributed by atoms with E-state index in [1.807, 2.05) is 0 Å². The lowest BCUT2D eigenvalue weighted by molar-refractivity contribution is -0.276. The number of ether oxygens (including phenoxy) is 2. The van der Waals surface area contributed by atoms with Crippen molar-refractivity contribution in [3.05, 3.63) is 21.3 Å². The second-order valence-electron chi connectivity index (χ2n) is 3.23. The minimum atomic E-state index is -5.24. The van der Waals surface area contributed by atoms with E-state index in [0.29, 0.717) is 0 Å². The normalized spacial score (nSPS) is 12.4. The second-order valence-corrected chi connectivity index (χ2v) is 4.39. The molecule has 0 saturated heterocycles. The second kappa shape index (κ2) is 5.63. The Morgan fingerprint density at radius 1 is 1.11 bits per heavy atom. The van der Waals surface area contributed by atoms with Gasteiger partial charge in [0.2, 0.25) is 0 Å². The maximum Gasteiger partial charge on any atom is 0.573 e. The van der Waals surface area contributed by atoms with Crippen molar-refractivity contribution in [2.45, 2.75) is 19.5 Å². The maximum absolute atomic E-state index is 12.8. The number of hydrogen-bond acceptors (Lipinski definition) is 2. The summed E-state index contributed by atoms with van der Waals surface area (Å²) < 4.78 is 82.8. The van der Waals surface area contributed by atoms with Crippen molar-refractivity contribution in [3.8, 4) is 11.5 Å². The van der Waals surface area contributed by atoms with E-state index < -0.39 is 33.2 Å². The topological polar surface area (TPSA) is 18.5 Å². The average Bonchev–Trinajstić information content (AvgIpc) is 2.18. The van der Waals surface area contributed by atoms with Crippen molar-refractivity contribution < 1.29 is 35.8 Å². The van der Waals surface area contributed by atoms with Gasteiger partial charge in [0.05, 0.1) is 6.61 Å². The molecule has 0 aliphatic rings. The molecule has 1 rings (SSSR count). The van der Waals surface area contributed by atoms with Gasteiger partial charge in [0, 0.05) is 3.57 Å². The molecule has 0 unspecified atom stereocenters. The van der Waals surface area contributed by atoms with Gasteiger partial charge in [-0.25, -0.2) is 0 Å². The molecule has 0 heterocycles. The molecule has 0 N–H and O–H groups in total. The summed E-state index contributed by atoms with van der Waals surface area (Å²) in [5.74, 6) is -1.97. The highest BCUT2D eigenvalue weighted by Gasteiger charge is 2.42. The standard InChI is InChI=1S/C10H7F6IO2/c1-2-18-6-4-3-5(17)7(9(11,12)13)8(6)19-10(14,15)16/h3-4H,2H2,1H3. The Morgan fingerprint density at radius 3 is 2.11 bits per heavy atom. The first-order chi connectivity index (χ1) is 8.56. The van der Waals surface area contributed by atoms with Crippen molar-refractivity contribution in [1.82, 2.24) is 0 Å². The lowest BCUT2D eigenvalue weighted by Crippen LogP contribution is -2.21. The van der Waals surface area contributed by atoms with Gasteiger partial charge in [-0.1, -0.05) is 0 Å². The molecule has 0 aliphatic heterocycles. The minimum absolute atomic E-state index is 0.0912. The Morgan fingerprint density at radius 2 is 1.68 bits per heavy atom. The van der Waals surface area contributed by atoms with E-state index in [1.54, 1.807) is 0 Å². The first-order valence-electron chi connectivity index (χ1n) is 4.84. The maximum atomic E-state index is 12.8. The summed E-state index contributed by atoms with van der Waals surface area (Å²) in [7, 11) is 0. The third-order valence-electron chi connectivity index (χ3n) is 1.87. The summed E-state index contributed by atoms with van der Waals surface area (Å²) in [6, 6.07) is 2.01. The van der Waals surface area contributed by atoms with Gasteiger partial charge in [0.15, 0.2) is 11.5 Å². The van der Waals surface area contributed by atoms with Crippen molar-refractivity contribution >= 4 is 22.6 Å². The monoisotopic (exact) mass is 400 g/mol. The van der Waals surface area contributed by atoms with Crippen LogP contribution in [0, 0.1) is 3.57 Å². The van der Waals surface area contributed by atoms with Gasteiger partial charge in [-0.05, 0) is 41.6 Å². The molecule has 0 amide bonds. The van der Waals surface area contributed by atoms with E-state index in [0.717, 1.165) is 12.1 Å². The first kappa shape index (κ1) is 16.2. The van der Waals surface area contributed by atoms with E-state index in [9.17, 15) is 26.3 Å². The van der Waals surface area contributed by atoms with Gasteiger partial charge in [-0.2, -0.15) is 13.2 Å². The van der Waals surface area contributed by atoms with Crippen molar-refractivity contribution in [2.75, 3.05) is 6.61 Å². The van der Waals surface area contributed by atoms with Gasteiger partial charge in [-0.3, -0.25) is 0 Å². The van der Waals surface area contributed by atoms with E-state index in [2.05, 4.69) is 4.74 Å². The summed E-state index contributed by atoms with van der Waals surface area (Å²) >= 11 is 1.28. The lowest BCUT2D eigenvalue weighted by Gasteiger charge is -2.19. The smallest absolute Gasteiger partial charge is 0.490 e. The van der Waals surface area contributed by atoms with Crippen LogP contribution >= 0.6 is 22.6 Å². The molecule has 0 bridgehead atoms. The van der Waals surface area contributed by atoms with Gasteiger partial charge >= 0.3 is 12.5 Å². The zero-order valence-electron chi connectivity index (χ0n) is 9.32. The molecule has 1 aromatic rings. The van der Waals surface area contributed by atoms with E-state index in [-0.39, 0.29) is 6.61 Å². The SMILES string of the molecule is CCOc1ccc(I)c(C(F)(F)F)c1OC(F)(F)F. The number of hydrogen-bond donors (Lipinski definition) is 0. The third-order valence-corrected chi connectivity index (χ3v) is 2.77. The average molecular weight is 400 g/mol. The van der Waals surface area contributed by atoms with E-state index in [4.69, 9.17) is 4.74 Å². The number of rotatable bonds is 3. The highest BCUT2D eigenvalue weighted by atomic mass is 127. The van der Waals surface area contributed by atoms with E-state index >= 15 is 0 Å². The molecule has 0 aliphatic carbocycles. The van der Waals surface area contributed by atoms with Crippen LogP contribution < -0.4 is 9.47 Å². The Labute approximate surface area is 117 Å². The number of benzene rings is 1. The van der Waals surface area contributed by atoms with Crippen LogP contribution in [-0.2, 0) is 6.18 Å². The summed E-state index contributed by atoms with van der Waals surface area (Å²) in [5.41, 5.74) is -1.50. The largest absolute Gasteiger partial charge is 0.573 e. The Bertz CT molecular complexity index is 455. The molecule has 108 valence electrons. The molecule has 0 saturated carbocycles. The first-order valence-corrected chi connectivity index (χ1v) is 5.92. The number of halogens is 7. The zero-order valence-corrected chi connectivity index (χ0v) is 11.5. The molecule has 2 nitrogen and oxygen atoms in total. The van der Waals surface area contributed by atoms with Crippen LogP contribution in [0.1, 0.15) is 12.5 Å². The summed E-state index contributed by atoms with van der Waals surface area (Å²) in [6.45, 7) is 1.34. The zero-order chi connectivity index (χ0) is 14.8. The Kier molecular flexibility index (Phi) is 4.80. The van der Waals surface area contributed by atoms with Crippen molar-refractivity contribution in [1.29, 1.82) is 0 Å². The number of alkyl halides is 6. The molecule has 0 aromatic heterocycles. The highest BCUT2D eigenvalue weighted by molar-refractivity contribution is 14.1. The van der Waals surface area contributed by atoms with Gasteiger partial charge in [-0.15, -0.1) is 13.2 Å². The molecule has 19 heavy (non-hydrogen) atoms. The molecule has 0 spiro atoms. The Balaban J connectivity index is 3.45. The minimum Gasteiger partial charge on any atom is -0.490 e. The van der Waals surface area contributed by atoms with Gasteiger partial charge in [0.25, 0.3) is 0 Å². The molecular weight excluding hydrogens is 393 g/mol.